The highest BCUT2D eigenvalue weighted by molar-refractivity contribution is 9.10. The topological polar surface area (TPSA) is 68.9 Å². The summed E-state index contributed by atoms with van der Waals surface area (Å²) in [5, 5.41) is 7.82. The number of Topliss-reactive ketones (excluding diaryl/α,β-unsaturated/α-hetero) is 1. The Kier molecular flexibility index (Phi) is 4.36. The van der Waals surface area contributed by atoms with E-state index in [0.717, 1.165) is 4.47 Å². The maximum atomic E-state index is 12.2. The number of nitrogens with two attached hydrogens (primary N) is 1. The molecule has 1 aromatic heterocycles. The van der Waals surface area contributed by atoms with Crippen molar-refractivity contribution in [2.75, 3.05) is 5.73 Å². The number of carbonyl (C=O) groups is 1. The monoisotopic (exact) mass is 343 g/mol. The quantitative estimate of drug-likeness (QED) is 0.681. The van der Waals surface area contributed by atoms with Crippen molar-refractivity contribution in [3.63, 3.8) is 0 Å². The first-order valence-electron chi connectivity index (χ1n) is 5.11. The first kappa shape index (κ1) is 13.5. The maximum Gasteiger partial charge on any atom is 0.203 e. The zero-order valence-corrected chi connectivity index (χ0v) is 12.7. The van der Waals surface area contributed by atoms with Gasteiger partial charge in [0, 0.05) is 10.0 Å². The van der Waals surface area contributed by atoms with Crippen LogP contribution in [-0.2, 0) is 0 Å². The minimum Gasteiger partial charge on any atom is -0.374 e. The van der Waals surface area contributed by atoms with Gasteiger partial charge >= 0.3 is 0 Å². The van der Waals surface area contributed by atoms with Crippen molar-refractivity contribution in [1.82, 2.24) is 10.2 Å². The second-order valence-electron chi connectivity index (χ2n) is 3.54. The van der Waals surface area contributed by atoms with Crippen LogP contribution < -0.4 is 5.73 Å². The molecule has 0 fully saturated rings. The summed E-state index contributed by atoms with van der Waals surface area (Å²) in [6.07, 6.45) is 0. The van der Waals surface area contributed by atoms with Gasteiger partial charge < -0.3 is 5.73 Å². The third kappa shape index (κ3) is 3.30. The first-order valence-corrected chi connectivity index (χ1v) is 7.60. The van der Waals surface area contributed by atoms with Gasteiger partial charge in [-0.2, -0.15) is 0 Å². The molecule has 0 aliphatic carbocycles. The van der Waals surface area contributed by atoms with Crippen molar-refractivity contribution in [2.45, 2.75) is 16.5 Å². The Hall–Kier alpha value is -0.920. The zero-order valence-electron chi connectivity index (χ0n) is 9.46. The van der Waals surface area contributed by atoms with E-state index in [1.807, 2.05) is 19.1 Å². The molecule has 0 aliphatic heterocycles. The van der Waals surface area contributed by atoms with Crippen LogP contribution in [0.2, 0.25) is 0 Å². The predicted molar refractivity (Wildman–Crippen MR) is 78.1 cm³/mol. The molecule has 1 atom stereocenters. The fourth-order valence-electron chi connectivity index (χ4n) is 1.32. The molecule has 0 saturated carbocycles. The molecule has 2 aromatic rings. The highest BCUT2D eigenvalue weighted by Crippen LogP contribution is 2.29. The predicted octanol–water partition coefficient (Wildman–Crippen LogP) is 3.25. The van der Waals surface area contributed by atoms with Gasteiger partial charge in [-0.05, 0) is 19.1 Å². The average Bonchev–Trinajstić information content (AvgIpc) is 2.75. The Morgan fingerprint density at radius 2 is 2.06 bits per heavy atom. The lowest BCUT2D eigenvalue weighted by molar-refractivity contribution is 0.0994. The van der Waals surface area contributed by atoms with E-state index < -0.39 is 0 Å². The van der Waals surface area contributed by atoms with Gasteiger partial charge in [0.15, 0.2) is 10.1 Å². The van der Waals surface area contributed by atoms with Crippen LogP contribution in [-0.4, -0.2) is 21.2 Å². The summed E-state index contributed by atoms with van der Waals surface area (Å²) in [6.45, 7) is 1.85. The largest absolute Gasteiger partial charge is 0.374 e. The number of hydrogen-bond acceptors (Lipinski definition) is 6. The van der Waals surface area contributed by atoms with E-state index >= 15 is 0 Å². The molecular weight excluding hydrogens is 334 g/mol. The molecule has 0 saturated heterocycles. The molecule has 1 heterocycles. The molecule has 94 valence electrons. The number of thioether (sulfide) groups is 1. The SMILES string of the molecule is C[C@@H](Sc1nnc(N)s1)C(=O)c1ccc(Br)cc1. The van der Waals surface area contributed by atoms with Crippen molar-refractivity contribution in [1.29, 1.82) is 0 Å². The van der Waals surface area contributed by atoms with Crippen molar-refractivity contribution in [2.24, 2.45) is 0 Å². The van der Waals surface area contributed by atoms with Crippen LogP contribution in [0, 0.1) is 0 Å². The molecule has 7 heteroatoms. The number of halogens is 1. The molecule has 2 rings (SSSR count). The number of anilines is 1. The molecule has 0 spiro atoms. The van der Waals surface area contributed by atoms with Crippen LogP contribution >= 0.6 is 39.0 Å². The van der Waals surface area contributed by atoms with E-state index in [1.54, 1.807) is 12.1 Å². The van der Waals surface area contributed by atoms with E-state index in [2.05, 4.69) is 26.1 Å². The van der Waals surface area contributed by atoms with Crippen LogP contribution in [0.25, 0.3) is 0 Å². The number of carbonyl (C=O) groups excluding carboxylic acids is 1. The van der Waals surface area contributed by atoms with Crippen molar-refractivity contribution < 1.29 is 4.79 Å². The highest BCUT2D eigenvalue weighted by Gasteiger charge is 2.18. The number of benzene rings is 1. The third-order valence-corrected chi connectivity index (χ3v) is 4.66. The Morgan fingerprint density at radius 1 is 1.39 bits per heavy atom. The van der Waals surface area contributed by atoms with Crippen LogP contribution in [0.5, 0.6) is 0 Å². The average molecular weight is 344 g/mol. The van der Waals surface area contributed by atoms with E-state index in [1.165, 1.54) is 23.1 Å². The van der Waals surface area contributed by atoms with E-state index in [0.29, 0.717) is 15.0 Å². The highest BCUT2D eigenvalue weighted by atomic mass is 79.9. The molecule has 0 bridgehead atoms. The molecule has 2 N–H and O–H groups in total. The fraction of sp³-hybridized carbons (Fsp3) is 0.182. The van der Waals surface area contributed by atoms with E-state index in [9.17, 15) is 4.79 Å². The minimum atomic E-state index is -0.210. The Morgan fingerprint density at radius 3 is 2.61 bits per heavy atom. The lowest BCUT2D eigenvalue weighted by Gasteiger charge is -2.07. The Labute approximate surface area is 121 Å². The van der Waals surface area contributed by atoms with E-state index in [4.69, 9.17) is 5.73 Å². The van der Waals surface area contributed by atoms with Crippen LogP contribution in [0.15, 0.2) is 33.1 Å². The summed E-state index contributed by atoms with van der Waals surface area (Å²) >= 11 is 6.01. The summed E-state index contributed by atoms with van der Waals surface area (Å²) in [6, 6.07) is 7.32. The number of hydrogen-bond donors (Lipinski definition) is 1. The molecule has 0 unspecified atom stereocenters. The number of aromatic nitrogens is 2. The van der Waals surface area contributed by atoms with Crippen LogP contribution in [0.4, 0.5) is 5.13 Å². The van der Waals surface area contributed by atoms with Crippen molar-refractivity contribution >= 4 is 49.9 Å². The van der Waals surface area contributed by atoms with Gasteiger partial charge in [-0.3, -0.25) is 4.79 Å². The second-order valence-corrected chi connectivity index (χ2v) is 7.05. The number of nitrogens with zero attached hydrogens (tertiary/aromatic N) is 2. The normalized spacial score (nSPS) is 12.3. The molecule has 4 nitrogen and oxygen atoms in total. The number of nitrogen functional groups attached to an aromatic ring is 1. The van der Waals surface area contributed by atoms with Gasteiger partial charge in [-0.1, -0.05) is 51.2 Å². The fourth-order valence-corrected chi connectivity index (χ4v) is 3.44. The lowest BCUT2D eigenvalue weighted by Crippen LogP contribution is -2.13. The maximum absolute atomic E-state index is 12.2. The molecule has 0 aliphatic rings. The molecular formula is C11H10BrN3OS2. The summed E-state index contributed by atoms with van der Waals surface area (Å²) in [7, 11) is 0. The van der Waals surface area contributed by atoms with Gasteiger partial charge in [-0.25, -0.2) is 0 Å². The summed E-state index contributed by atoms with van der Waals surface area (Å²) in [5.41, 5.74) is 6.19. The Balaban J connectivity index is 2.07. The number of rotatable bonds is 4. The first-order chi connectivity index (χ1) is 8.56. The number of ketones is 1. The van der Waals surface area contributed by atoms with Gasteiger partial charge in [0.1, 0.15) is 0 Å². The molecule has 18 heavy (non-hydrogen) atoms. The second kappa shape index (κ2) is 5.81. The van der Waals surface area contributed by atoms with Gasteiger partial charge in [0.2, 0.25) is 5.13 Å². The van der Waals surface area contributed by atoms with Gasteiger partial charge in [0.05, 0.1) is 5.25 Å². The molecule has 0 radical (unpaired) electrons. The summed E-state index contributed by atoms with van der Waals surface area (Å²) < 4.78 is 1.67. The summed E-state index contributed by atoms with van der Waals surface area (Å²) in [4.78, 5) is 12.2. The standard InChI is InChI=1S/C11H10BrN3OS2/c1-6(17-11-15-14-10(13)18-11)9(16)7-2-4-8(12)5-3-7/h2-6H,1H3,(H2,13,14)/t6-/m1/s1. The van der Waals surface area contributed by atoms with Crippen LogP contribution in [0.1, 0.15) is 17.3 Å². The van der Waals surface area contributed by atoms with Gasteiger partial charge in [0.25, 0.3) is 0 Å². The molecule has 0 amide bonds. The van der Waals surface area contributed by atoms with Crippen molar-refractivity contribution in [3.05, 3.63) is 34.3 Å². The zero-order chi connectivity index (χ0) is 13.1. The van der Waals surface area contributed by atoms with Gasteiger partial charge in [-0.15, -0.1) is 10.2 Å². The molecule has 1 aromatic carbocycles. The third-order valence-electron chi connectivity index (χ3n) is 2.20. The smallest absolute Gasteiger partial charge is 0.203 e. The lowest BCUT2D eigenvalue weighted by atomic mass is 10.1. The summed E-state index contributed by atoms with van der Waals surface area (Å²) in [5.74, 6) is 0.0706. The van der Waals surface area contributed by atoms with Crippen LogP contribution in [0.3, 0.4) is 0 Å². The minimum absolute atomic E-state index is 0.0706. The van der Waals surface area contributed by atoms with Crippen molar-refractivity contribution in [3.8, 4) is 0 Å². The Bertz CT molecular complexity index is 556. The van der Waals surface area contributed by atoms with E-state index in [-0.39, 0.29) is 11.0 Å².